The van der Waals surface area contributed by atoms with Gasteiger partial charge >= 0.3 is 0 Å². The van der Waals surface area contributed by atoms with Gasteiger partial charge in [0.25, 0.3) is 0 Å². The molecule has 0 spiro atoms. The number of nitrogens with zero attached hydrogens (tertiary/aromatic N) is 1. The molecule has 5 nitrogen and oxygen atoms in total. The fourth-order valence-corrected chi connectivity index (χ4v) is 3.46. The second-order valence-corrected chi connectivity index (χ2v) is 6.58. The maximum absolute atomic E-state index is 5.43. The van der Waals surface area contributed by atoms with E-state index in [0.717, 1.165) is 55.4 Å². The minimum absolute atomic E-state index is 0.480. The Bertz CT molecular complexity index is 712. The molecule has 1 N–H and O–H groups in total. The standard InChI is InChI=1S/C21H28N2O3/c1-24-19-7-5-4-6-18(19)22-17-10-12-23(13-11-17)15-16-8-9-20(25-2)21(14-16)26-3/h4-9,14,17,22H,10-13,15H2,1-3H3. The zero-order valence-corrected chi connectivity index (χ0v) is 15.8. The van der Waals surface area contributed by atoms with Crippen molar-refractivity contribution in [1.82, 2.24) is 4.90 Å². The van der Waals surface area contributed by atoms with E-state index in [1.807, 2.05) is 24.3 Å². The molecule has 140 valence electrons. The van der Waals surface area contributed by atoms with Crippen molar-refractivity contribution in [2.24, 2.45) is 0 Å². The summed E-state index contributed by atoms with van der Waals surface area (Å²) >= 11 is 0. The molecule has 3 rings (SSSR count). The number of hydrogen-bond donors (Lipinski definition) is 1. The molecule has 5 heteroatoms. The first-order chi connectivity index (χ1) is 12.7. The van der Waals surface area contributed by atoms with Gasteiger partial charge in [0.15, 0.2) is 11.5 Å². The number of likely N-dealkylation sites (tertiary alicyclic amines) is 1. The molecule has 1 saturated heterocycles. The van der Waals surface area contributed by atoms with Crippen LogP contribution in [-0.2, 0) is 6.54 Å². The van der Waals surface area contributed by atoms with Gasteiger partial charge in [-0.2, -0.15) is 0 Å². The summed E-state index contributed by atoms with van der Waals surface area (Å²) < 4.78 is 16.2. The topological polar surface area (TPSA) is 43.0 Å². The maximum Gasteiger partial charge on any atom is 0.161 e. The molecule has 1 aliphatic rings. The smallest absolute Gasteiger partial charge is 0.161 e. The van der Waals surface area contributed by atoms with Crippen molar-refractivity contribution in [3.05, 3.63) is 48.0 Å². The fourth-order valence-electron chi connectivity index (χ4n) is 3.46. The van der Waals surface area contributed by atoms with Gasteiger partial charge < -0.3 is 19.5 Å². The third-order valence-corrected chi connectivity index (χ3v) is 4.91. The number of rotatable bonds is 7. The van der Waals surface area contributed by atoms with Gasteiger partial charge in [0.05, 0.1) is 27.0 Å². The summed E-state index contributed by atoms with van der Waals surface area (Å²) in [5.74, 6) is 2.47. The third kappa shape index (κ3) is 4.41. The second-order valence-electron chi connectivity index (χ2n) is 6.58. The van der Waals surface area contributed by atoms with Crippen LogP contribution in [-0.4, -0.2) is 45.4 Å². The zero-order chi connectivity index (χ0) is 18.4. The van der Waals surface area contributed by atoms with Crippen LogP contribution >= 0.6 is 0 Å². The fraction of sp³-hybridized carbons (Fsp3) is 0.429. The van der Waals surface area contributed by atoms with Gasteiger partial charge in [-0.25, -0.2) is 0 Å². The largest absolute Gasteiger partial charge is 0.495 e. The SMILES string of the molecule is COc1ccccc1NC1CCN(Cc2ccc(OC)c(OC)c2)CC1. The molecule has 2 aromatic carbocycles. The lowest BCUT2D eigenvalue weighted by molar-refractivity contribution is 0.211. The number of para-hydroxylation sites is 2. The minimum Gasteiger partial charge on any atom is -0.495 e. The first-order valence-electron chi connectivity index (χ1n) is 9.06. The molecule has 0 atom stereocenters. The van der Waals surface area contributed by atoms with Crippen LogP contribution in [0.5, 0.6) is 17.2 Å². The van der Waals surface area contributed by atoms with E-state index in [4.69, 9.17) is 14.2 Å². The Kier molecular flexibility index (Phi) is 6.23. The zero-order valence-electron chi connectivity index (χ0n) is 15.8. The van der Waals surface area contributed by atoms with Gasteiger partial charge in [-0.15, -0.1) is 0 Å². The average molecular weight is 356 g/mol. The first-order valence-corrected chi connectivity index (χ1v) is 9.06. The summed E-state index contributed by atoms with van der Waals surface area (Å²) in [6.07, 6.45) is 2.23. The predicted molar refractivity (Wildman–Crippen MR) is 104 cm³/mol. The maximum atomic E-state index is 5.43. The van der Waals surface area contributed by atoms with Crippen LogP contribution in [0.2, 0.25) is 0 Å². The third-order valence-electron chi connectivity index (χ3n) is 4.91. The molecule has 1 aliphatic heterocycles. The molecular formula is C21H28N2O3. The van der Waals surface area contributed by atoms with Crippen molar-refractivity contribution in [2.75, 3.05) is 39.7 Å². The lowest BCUT2D eigenvalue weighted by Gasteiger charge is -2.33. The molecule has 2 aromatic rings. The summed E-state index contributed by atoms with van der Waals surface area (Å²) in [5, 5.41) is 3.63. The number of anilines is 1. The van der Waals surface area contributed by atoms with Gasteiger partial charge in [0.1, 0.15) is 5.75 Å². The first kappa shape index (κ1) is 18.4. The Morgan fingerprint density at radius 3 is 2.27 bits per heavy atom. The predicted octanol–water partition coefficient (Wildman–Crippen LogP) is 3.79. The Morgan fingerprint density at radius 2 is 1.58 bits per heavy atom. The highest BCUT2D eigenvalue weighted by Gasteiger charge is 2.20. The van der Waals surface area contributed by atoms with E-state index in [-0.39, 0.29) is 0 Å². The molecule has 26 heavy (non-hydrogen) atoms. The van der Waals surface area contributed by atoms with Crippen molar-refractivity contribution in [2.45, 2.75) is 25.4 Å². The van der Waals surface area contributed by atoms with E-state index in [2.05, 4.69) is 28.4 Å². The van der Waals surface area contributed by atoms with Gasteiger partial charge in [0.2, 0.25) is 0 Å². The highest BCUT2D eigenvalue weighted by atomic mass is 16.5. The van der Waals surface area contributed by atoms with E-state index >= 15 is 0 Å². The molecule has 1 fully saturated rings. The molecule has 0 saturated carbocycles. The summed E-state index contributed by atoms with van der Waals surface area (Å²) in [5.41, 5.74) is 2.33. The Labute approximate surface area is 155 Å². The van der Waals surface area contributed by atoms with Crippen molar-refractivity contribution < 1.29 is 14.2 Å². The monoisotopic (exact) mass is 356 g/mol. The van der Waals surface area contributed by atoms with Gasteiger partial charge in [-0.3, -0.25) is 4.90 Å². The number of piperidine rings is 1. The van der Waals surface area contributed by atoms with E-state index in [1.165, 1.54) is 5.56 Å². The number of hydrogen-bond acceptors (Lipinski definition) is 5. The van der Waals surface area contributed by atoms with E-state index in [1.54, 1.807) is 21.3 Å². The van der Waals surface area contributed by atoms with Crippen LogP contribution in [0.15, 0.2) is 42.5 Å². The lowest BCUT2D eigenvalue weighted by atomic mass is 10.0. The normalized spacial score (nSPS) is 15.5. The number of methoxy groups -OCH3 is 3. The highest BCUT2D eigenvalue weighted by Crippen LogP contribution is 2.29. The minimum atomic E-state index is 0.480. The molecule has 0 bridgehead atoms. The van der Waals surface area contributed by atoms with E-state index in [0.29, 0.717) is 6.04 Å². The van der Waals surface area contributed by atoms with Crippen molar-refractivity contribution in [3.8, 4) is 17.2 Å². The number of ether oxygens (including phenoxy) is 3. The van der Waals surface area contributed by atoms with Crippen LogP contribution in [0.3, 0.4) is 0 Å². The summed E-state index contributed by atoms with van der Waals surface area (Å²) in [7, 11) is 5.06. The Morgan fingerprint density at radius 1 is 0.885 bits per heavy atom. The molecular weight excluding hydrogens is 328 g/mol. The van der Waals surface area contributed by atoms with Crippen molar-refractivity contribution in [3.63, 3.8) is 0 Å². The summed E-state index contributed by atoms with van der Waals surface area (Å²) in [6.45, 7) is 3.07. The van der Waals surface area contributed by atoms with Crippen LogP contribution < -0.4 is 19.5 Å². The van der Waals surface area contributed by atoms with Crippen molar-refractivity contribution >= 4 is 5.69 Å². The van der Waals surface area contributed by atoms with E-state index in [9.17, 15) is 0 Å². The van der Waals surface area contributed by atoms with Gasteiger partial charge in [-0.1, -0.05) is 18.2 Å². The summed E-state index contributed by atoms with van der Waals surface area (Å²) in [6, 6.07) is 14.7. The summed E-state index contributed by atoms with van der Waals surface area (Å²) in [4.78, 5) is 2.49. The van der Waals surface area contributed by atoms with Crippen LogP contribution in [0.25, 0.3) is 0 Å². The average Bonchev–Trinajstić information content (AvgIpc) is 2.69. The molecule has 1 heterocycles. The second kappa shape index (κ2) is 8.81. The molecule has 0 aliphatic carbocycles. The quantitative estimate of drug-likeness (QED) is 0.818. The van der Waals surface area contributed by atoms with Crippen molar-refractivity contribution in [1.29, 1.82) is 0 Å². The van der Waals surface area contributed by atoms with Crippen LogP contribution in [0, 0.1) is 0 Å². The van der Waals surface area contributed by atoms with E-state index < -0.39 is 0 Å². The molecule has 0 aromatic heterocycles. The van der Waals surface area contributed by atoms with Crippen LogP contribution in [0.1, 0.15) is 18.4 Å². The Hall–Kier alpha value is -2.40. The Balaban J connectivity index is 1.54. The van der Waals surface area contributed by atoms with Crippen LogP contribution in [0.4, 0.5) is 5.69 Å². The molecule has 0 amide bonds. The molecule has 0 radical (unpaired) electrons. The highest BCUT2D eigenvalue weighted by molar-refractivity contribution is 5.56. The number of benzene rings is 2. The lowest BCUT2D eigenvalue weighted by Crippen LogP contribution is -2.38. The number of nitrogens with one attached hydrogen (secondary N) is 1. The molecule has 0 unspecified atom stereocenters. The van der Waals surface area contributed by atoms with Gasteiger partial charge in [-0.05, 0) is 42.7 Å². The van der Waals surface area contributed by atoms with Gasteiger partial charge in [0, 0.05) is 25.7 Å².